The van der Waals surface area contributed by atoms with Crippen molar-refractivity contribution in [3.05, 3.63) is 59.2 Å². The van der Waals surface area contributed by atoms with Crippen LogP contribution in [-0.4, -0.2) is 55.7 Å². The quantitative estimate of drug-likeness (QED) is 0.434. The molecule has 2 atom stereocenters. The number of hydrogen-bond acceptors (Lipinski definition) is 4. The van der Waals surface area contributed by atoms with Crippen molar-refractivity contribution < 1.29 is 39.9 Å². The average Bonchev–Trinajstić information content (AvgIpc) is 2.97. The minimum absolute atomic E-state index is 0.00634. The minimum atomic E-state index is -5.94. The zero-order valence-corrected chi connectivity index (χ0v) is 22.1. The first kappa shape index (κ1) is 30.4. The molecule has 5 nitrogen and oxygen atoms in total. The van der Waals surface area contributed by atoms with Crippen LogP contribution < -0.4 is 4.72 Å². The van der Waals surface area contributed by atoms with Gasteiger partial charge in [0.15, 0.2) is 0 Å². The van der Waals surface area contributed by atoms with Crippen LogP contribution in [0.25, 0.3) is 11.1 Å². The molecular weight excluding hydrogens is 534 g/mol. The van der Waals surface area contributed by atoms with Gasteiger partial charge in [0.25, 0.3) is 5.60 Å². The van der Waals surface area contributed by atoms with Gasteiger partial charge < -0.3 is 5.11 Å². The minimum Gasteiger partial charge on any atom is -0.369 e. The molecule has 0 aliphatic carbocycles. The second-order valence-corrected chi connectivity index (χ2v) is 12.1. The molecule has 1 aliphatic rings. The molecule has 212 valence electrons. The van der Waals surface area contributed by atoms with Gasteiger partial charge in [-0.25, -0.2) is 13.1 Å². The molecule has 3 rings (SSSR count). The molecule has 1 fully saturated rings. The zero-order chi connectivity index (χ0) is 28.5. The maximum absolute atomic E-state index is 13.2. The van der Waals surface area contributed by atoms with E-state index in [2.05, 4.69) is 16.5 Å². The maximum atomic E-state index is 13.2. The van der Waals surface area contributed by atoms with E-state index in [1.54, 1.807) is 19.9 Å². The average molecular weight is 567 g/mol. The molecule has 0 radical (unpaired) electrons. The summed E-state index contributed by atoms with van der Waals surface area (Å²) in [6.07, 6.45) is -10.3. The van der Waals surface area contributed by atoms with Crippen LogP contribution in [0.2, 0.25) is 0 Å². The summed E-state index contributed by atoms with van der Waals surface area (Å²) in [5, 5.41) is 9.61. The number of nitrogens with one attached hydrogen (secondary N) is 1. The fraction of sp³-hybridized carbons (Fsp3) is 0.538. The van der Waals surface area contributed by atoms with Crippen molar-refractivity contribution in [3.8, 4) is 11.1 Å². The summed E-state index contributed by atoms with van der Waals surface area (Å²) in [7, 11) is -3.34. The lowest BCUT2D eigenvalue weighted by Gasteiger charge is -2.32. The maximum Gasteiger partial charge on any atom is 0.430 e. The fourth-order valence-corrected chi connectivity index (χ4v) is 5.71. The molecule has 1 heterocycles. The van der Waals surface area contributed by atoms with Crippen molar-refractivity contribution in [1.29, 1.82) is 0 Å². The Kier molecular flexibility index (Phi) is 8.92. The summed E-state index contributed by atoms with van der Waals surface area (Å²) in [6.45, 7) is 7.38. The molecule has 0 saturated carbocycles. The van der Waals surface area contributed by atoms with E-state index >= 15 is 0 Å². The largest absolute Gasteiger partial charge is 0.430 e. The van der Waals surface area contributed by atoms with Gasteiger partial charge >= 0.3 is 12.4 Å². The van der Waals surface area contributed by atoms with Crippen LogP contribution in [0.1, 0.15) is 43.4 Å². The highest BCUT2D eigenvalue weighted by atomic mass is 32.2. The lowest BCUT2D eigenvalue weighted by Crippen LogP contribution is -2.53. The number of rotatable bonds is 7. The third kappa shape index (κ3) is 6.70. The summed E-state index contributed by atoms with van der Waals surface area (Å²) >= 11 is 0. The molecule has 1 aliphatic heterocycles. The molecule has 38 heavy (non-hydrogen) atoms. The first-order valence-electron chi connectivity index (χ1n) is 12.3. The van der Waals surface area contributed by atoms with Gasteiger partial charge in [-0.05, 0) is 54.9 Å². The van der Waals surface area contributed by atoms with Crippen LogP contribution in [0, 0.1) is 12.8 Å². The van der Waals surface area contributed by atoms with Crippen LogP contribution in [0.15, 0.2) is 42.5 Å². The van der Waals surface area contributed by atoms with Crippen LogP contribution in [0.5, 0.6) is 0 Å². The second-order valence-electron chi connectivity index (χ2n) is 10.0. The lowest BCUT2D eigenvalue weighted by atomic mass is 9.90. The van der Waals surface area contributed by atoms with Gasteiger partial charge in [0.2, 0.25) is 10.0 Å². The lowest BCUT2D eigenvalue weighted by molar-refractivity contribution is -0.376. The molecule has 0 aromatic heterocycles. The van der Waals surface area contributed by atoms with Crippen molar-refractivity contribution in [2.24, 2.45) is 5.92 Å². The Bertz CT molecular complexity index is 1200. The number of alkyl halides is 6. The van der Waals surface area contributed by atoms with E-state index in [1.165, 1.54) is 0 Å². The van der Waals surface area contributed by atoms with E-state index in [0.29, 0.717) is 42.3 Å². The standard InChI is InChI=1S/C26H32F6N2O3S/c1-4-38(36,37)33-22-11-5-17(2)14-34(16-22)15-19-6-12-23(18(3)13-19)20-7-9-21(10-8-20)24(35,25(27,28)29)26(30,31)32/h6-10,12-13,17,22,33,35H,4-5,11,14-16H2,1-3H3. The normalized spacial score (nSPS) is 20.4. The highest BCUT2D eigenvalue weighted by molar-refractivity contribution is 7.89. The van der Waals surface area contributed by atoms with E-state index in [1.807, 2.05) is 12.1 Å². The van der Waals surface area contributed by atoms with Gasteiger partial charge in [-0.15, -0.1) is 0 Å². The highest BCUT2D eigenvalue weighted by Gasteiger charge is 2.71. The van der Waals surface area contributed by atoms with E-state index in [-0.39, 0.29) is 11.8 Å². The molecule has 2 aromatic rings. The summed E-state index contributed by atoms with van der Waals surface area (Å²) in [5.41, 5.74) is -3.53. The van der Waals surface area contributed by atoms with E-state index in [0.717, 1.165) is 42.6 Å². The number of benzene rings is 2. The first-order chi connectivity index (χ1) is 17.5. The Morgan fingerprint density at radius 1 is 0.974 bits per heavy atom. The number of nitrogens with zero attached hydrogens (tertiary/aromatic N) is 1. The Morgan fingerprint density at radius 2 is 1.58 bits per heavy atom. The molecule has 2 N–H and O–H groups in total. The van der Waals surface area contributed by atoms with Gasteiger partial charge in [0, 0.05) is 31.2 Å². The van der Waals surface area contributed by atoms with Crippen molar-refractivity contribution in [2.75, 3.05) is 18.8 Å². The van der Waals surface area contributed by atoms with E-state index in [4.69, 9.17) is 0 Å². The highest BCUT2D eigenvalue weighted by Crippen LogP contribution is 2.50. The second kappa shape index (κ2) is 11.1. The summed E-state index contributed by atoms with van der Waals surface area (Å²) < 4.78 is 106. The Hall–Kier alpha value is -2.15. The predicted octanol–water partition coefficient (Wildman–Crippen LogP) is 5.51. The number of sulfonamides is 1. The van der Waals surface area contributed by atoms with E-state index < -0.39 is 33.5 Å². The van der Waals surface area contributed by atoms with Crippen molar-refractivity contribution >= 4 is 10.0 Å². The summed E-state index contributed by atoms with van der Waals surface area (Å²) in [4.78, 5) is 2.18. The van der Waals surface area contributed by atoms with Crippen LogP contribution in [-0.2, 0) is 22.2 Å². The summed E-state index contributed by atoms with van der Waals surface area (Å²) in [5.74, 6) is 0.379. The molecule has 2 unspecified atom stereocenters. The molecule has 0 amide bonds. The Labute approximate surface area is 218 Å². The van der Waals surface area contributed by atoms with Crippen molar-refractivity contribution in [1.82, 2.24) is 9.62 Å². The zero-order valence-electron chi connectivity index (χ0n) is 21.3. The van der Waals surface area contributed by atoms with Crippen LogP contribution >= 0.6 is 0 Å². The monoisotopic (exact) mass is 566 g/mol. The number of hydrogen-bond donors (Lipinski definition) is 2. The Balaban J connectivity index is 1.80. The number of halogens is 6. The first-order valence-corrected chi connectivity index (χ1v) is 13.9. The van der Waals surface area contributed by atoms with Gasteiger partial charge in [-0.2, -0.15) is 26.3 Å². The number of aryl methyl sites for hydroxylation is 1. The third-order valence-corrected chi connectivity index (χ3v) is 8.37. The number of aliphatic hydroxyl groups is 1. The van der Waals surface area contributed by atoms with Crippen LogP contribution in [0.4, 0.5) is 26.3 Å². The van der Waals surface area contributed by atoms with Gasteiger partial charge in [0.1, 0.15) is 0 Å². The third-order valence-electron chi connectivity index (χ3n) is 6.91. The van der Waals surface area contributed by atoms with E-state index in [9.17, 15) is 39.9 Å². The molecule has 2 aromatic carbocycles. The predicted molar refractivity (Wildman–Crippen MR) is 133 cm³/mol. The van der Waals surface area contributed by atoms with Crippen LogP contribution in [0.3, 0.4) is 0 Å². The van der Waals surface area contributed by atoms with Crippen molar-refractivity contribution in [2.45, 2.75) is 64.2 Å². The molecule has 0 bridgehead atoms. The molecule has 0 spiro atoms. The number of likely N-dealkylation sites (tertiary alicyclic amines) is 1. The topological polar surface area (TPSA) is 69.6 Å². The smallest absolute Gasteiger partial charge is 0.369 e. The molecular formula is C26H32F6N2O3S. The van der Waals surface area contributed by atoms with Gasteiger partial charge in [0.05, 0.1) is 5.75 Å². The van der Waals surface area contributed by atoms with Gasteiger partial charge in [-0.1, -0.05) is 49.4 Å². The summed E-state index contributed by atoms with van der Waals surface area (Å²) in [6, 6.07) is 8.81. The Morgan fingerprint density at radius 3 is 2.11 bits per heavy atom. The SMILES string of the molecule is CCS(=O)(=O)NC1CCC(C)CN(Cc2ccc(-c3ccc(C(O)(C(F)(F)F)C(F)(F)F)cc3)c(C)c2)C1. The van der Waals surface area contributed by atoms with Gasteiger partial charge in [-0.3, -0.25) is 4.90 Å². The van der Waals surface area contributed by atoms with Crippen molar-refractivity contribution in [3.63, 3.8) is 0 Å². The molecule has 12 heteroatoms. The fourth-order valence-electron chi connectivity index (χ4n) is 4.84. The molecule has 1 saturated heterocycles.